The standard InChI is InChI=1S/C20H17NO2/c22-14-15-10-12-17(13-11-15)21-20(23)19-9-5-4-8-18(19)16-6-2-1-3-7-16/h1-3,6-14H,4-5H2,(H,21,23). The van der Waals surface area contributed by atoms with E-state index in [2.05, 4.69) is 11.4 Å². The Kier molecular flexibility index (Phi) is 4.48. The van der Waals surface area contributed by atoms with Crippen LogP contribution in [0.2, 0.25) is 0 Å². The van der Waals surface area contributed by atoms with E-state index in [0.29, 0.717) is 16.8 Å². The maximum Gasteiger partial charge on any atom is 0.255 e. The highest BCUT2D eigenvalue weighted by molar-refractivity contribution is 6.15. The predicted octanol–water partition coefficient (Wildman–Crippen LogP) is 4.24. The molecule has 3 rings (SSSR count). The molecule has 1 aliphatic carbocycles. The molecule has 23 heavy (non-hydrogen) atoms. The van der Waals surface area contributed by atoms with Crippen molar-refractivity contribution in [2.45, 2.75) is 12.8 Å². The number of allylic oxidation sites excluding steroid dienone is 2. The minimum atomic E-state index is -0.126. The average Bonchev–Trinajstić information content (AvgIpc) is 2.63. The van der Waals surface area contributed by atoms with E-state index in [4.69, 9.17) is 0 Å². The third-order valence-electron chi connectivity index (χ3n) is 3.79. The van der Waals surface area contributed by atoms with Crippen LogP contribution in [0, 0.1) is 0 Å². The summed E-state index contributed by atoms with van der Waals surface area (Å²) in [5.41, 5.74) is 3.98. The van der Waals surface area contributed by atoms with Gasteiger partial charge in [0.1, 0.15) is 6.29 Å². The molecule has 0 spiro atoms. The number of hydrogen-bond acceptors (Lipinski definition) is 2. The molecule has 0 heterocycles. The zero-order valence-corrected chi connectivity index (χ0v) is 12.7. The van der Waals surface area contributed by atoms with E-state index in [1.54, 1.807) is 24.3 Å². The molecule has 1 N–H and O–H groups in total. The van der Waals surface area contributed by atoms with Gasteiger partial charge >= 0.3 is 0 Å². The van der Waals surface area contributed by atoms with Crippen LogP contribution >= 0.6 is 0 Å². The number of amides is 1. The van der Waals surface area contributed by atoms with Crippen molar-refractivity contribution in [2.75, 3.05) is 5.32 Å². The lowest BCUT2D eigenvalue weighted by atomic mass is 9.91. The van der Waals surface area contributed by atoms with Crippen LogP contribution in [-0.2, 0) is 4.79 Å². The Bertz CT molecular complexity index is 771. The normalized spacial score (nSPS) is 13.7. The molecular formula is C20H17NO2. The minimum Gasteiger partial charge on any atom is -0.322 e. The molecule has 2 aromatic rings. The quantitative estimate of drug-likeness (QED) is 0.859. The fraction of sp³-hybridized carbons (Fsp3) is 0.100. The monoisotopic (exact) mass is 303 g/mol. The van der Waals surface area contributed by atoms with Gasteiger partial charge in [-0.3, -0.25) is 9.59 Å². The number of carbonyl (C=O) groups is 2. The molecule has 0 radical (unpaired) electrons. The van der Waals surface area contributed by atoms with E-state index in [1.807, 2.05) is 36.4 Å². The first-order chi connectivity index (χ1) is 11.3. The summed E-state index contributed by atoms with van der Waals surface area (Å²) < 4.78 is 0. The zero-order valence-electron chi connectivity index (χ0n) is 12.7. The van der Waals surface area contributed by atoms with Crippen molar-refractivity contribution in [1.82, 2.24) is 0 Å². The molecule has 0 aromatic heterocycles. The molecule has 0 atom stereocenters. The van der Waals surface area contributed by atoms with Crippen LogP contribution in [0.25, 0.3) is 5.57 Å². The van der Waals surface area contributed by atoms with E-state index in [0.717, 1.165) is 30.3 Å². The Morgan fingerprint density at radius 3 is 2.30 bits per heavy atom. The Morgan fingerprint density at radius 2 is 1.61 bits per heavy atom. The van der Waals surface area contributed by atoms with Crippen LogP contribution in [0.1, 0.15) is 28.8 Å². The minimum absolute atomic E-state index is 0.126. The second-order valence-electron chi connectivity index (χ2n) is 5.37. The lowest BCUT2D eigenvalue weighted by Crippen LogP contribution is -2.16. The zero-order chi connectivity index (χ0) is 16.1. The molecule has 1 aliphatic rings. The molecule has 0 aliphatic heterocycles. The molecule has 0 bridgehead atoms. The first kappa shape index (κ1) is 15.0. The molecule has 1 amide bonds. The third-order valence-corrected chi connectivity index (χ3v) is 3.79. The van der Waals surface area contributed by atoms with Gasteiger partial charge in [0.25, 0.3) is 5.91 Å². The number of benzene rings is 2. The summed E-state index contributed by atoms with van der Waals surface area (Å²) in [5, 5.41) is 2.90. The summed E-state index contributed by atoms with van der Waals surface area (Å²) in [6.45, 7) is 0. The number of aldehydes is 1. The van der Waals surface area contributed by atoms with Crippen LogP contribution in [0.15, 0.2) is 72.3 Å². The summed E-state index contributed by atoms with van der Waals surface area (Å²) in [6, 6.07) is 16.8. The third kappa shape index (κ3) is 3.46. The van der Waals surface area contributed by atoms with Crippen LogP contribution in [0.4, 0.5) is 5.69 Å². The molecule has 0 fully saturated rings. The van der Waals surface area contributed by atoms with Gasteiger partial charge in [-0.25, -0.2) is 0 Å². The fourth-order valence-electron chi connectivity index (χ4n) is 2.62. The van der Waals surface area contributed by atoms with E-state index in [1.165, 1.54) is 0 Å². The largest absolute Gasteiger partial charge is 0.322 e. The Hall–Kier alpha value is -2.94. The molecule has 3 heteroatoms. The molecular weight excluding hydrogens is 286 g/mol. The van der Waals surface area contributed by atoms with Crippen LogP contribution < -0.4 is 5.32 Å². The summed E-state index contributed by atoms with van der Waals surface area (Å²) in [6.07, 6.45) is 6.68. The van der Waals surface area contributed by atoms with Gasteiger partial charge in [-0.1, -0.05) is 42.5 Å². The highest BCUT2D eigenvalue weighted by atomic mass is 16.1. The van der Waals surface area contributed by atoms with Gasteiger partial charge in [0.15, 0.2) is 0 Å². The first-order valence-electron chi connectivity index (χ1n) is 7.60. The van der Waals surface area contributed by atoms with Gasteiger partial charge in [-0.05, 0) is 48.2 Å². The topological polar surface area (TPSA) is 46.2 Å². The summed E-state index contributed by atoms with van der Waals surface area (Å²) in [5.74, 6) is -0.126. The van der Waals surface area contributed by atoms with Crippen molar-refractivity contribution in [3.05, 3.63) is 83.4 Å². The maximum atomic E-state index is 12.6. The van der Waals surface area contributed by atoms with Gasteiger partial charge in [0.2, 0.25) is 0 Å². The van der Waals surface area contributed by atoms with Crippen molar-refractivity contribution in [1.29, 1.82) is 0 Å². The summed E-state index contributed by atoms with van der Waals surface area (Å²) in [7, 11) is 0. The van der Waals surface area contributed by atoms with E-state index in [-0.39, 0.29) is 5.91 Å². The molecule has 0 unspecified atom stereocenters. The van der Waals surface area contributed by atoms with Crippen LogP contribution in [0.5, 0.6) is 0 Å². The van der Waals surface area contributed by atoms with Crippen molar-refractivity contribution < 1.29 is 9.59 Å². The fourth-order valence-corrected chi connectivity index (χ4v) is 2.62. The number of nitrogens with one attached hydrogen (secondary N) is 1. The average molecular weight is 303 g/mol. The number of rotatable bonds is 4. The number of carbonyl (C=O) groups excluding carboxylic acids is 2. The summed E-state index contributed by atoms with van der Waals surface area (Å²) in [4.78, 5) is 23.3. The maximum absolute atomic E-state index is 12.6. The Labute approximate surface area is 135 Å². The van der Waals surface area contributed by atoms with Crippen molar-refractivity contribution in [2.24, 2.45) is 0 Å². The predicted molar refractivity (Wildman–Crippen MR) is 92.2 cm³/mol. The van der Waals surface area contributed by atoms with Crippen LogP contribution in [-0.4, -0.2) is 12.2 Å². The molecule has 0 saturated carbocycles. The van der Waals surface area contributed by atoms with E-state index < -0.39 is 0 Å². The van der Waals surface area contributed by atoms with Gasteiger partial charge in [0, 0.05) is 16.8 Å². The second-order valence-corrected chi connectivity index (χ2v) is 5.37. The Morgan fingerprint density at radius 1 is 0.913 bits per heavy atom. The van der Waals surface area contributed by atoms with Gasteiger partial charge in [0.05, 0.1) is 0 Å². The molecule has 0 saturated heterocycles. The van der Waals surface area contributed by atoms with Crippen molar-refractivity contribution in [3.8, 4) is 0 Å². The van der Waals surface area contributed by atoms with Crippen molar-refractivity contribution >= 4 is 23.5 Å². The molecule has 114 valence electrons. The first-order valence-corrected chi connectivity index (χ1v) is 7.60. The smallest absolute Gasteiger partial charge is 0.255 e. The highest BCUT2D eigenvalue weighted by Crippen LogP contribution is 2.29. The van der Waals surface area contributed by atoms with Gasteiger partial charge in [-0.15, -0.1) is 0 Å². The molecule has 3 nitrogen and oxygen atoms in total. The lowest BCUT2D eigenvalue weighted by Gasteiger charge is -2.16. The lowest BCUT2D eigenvalue weighted by molar-refractivity contribution is -0.112. The summed E-state index contributed by atoms with van der Waals surface area (Å²) >= 11 is 0. The van der Waals surface area contributed by atoms with Crippen LogP contribution in [0.3, 0.4) is 0 Å². The van der Waals surface area contributed by atoms with E-state index in [9.17, 15) is 9.59 Å². The highest BCUT2D eigenvalue weighted by Gasteiger charge is 2.18. The number of hydrogen-bond donors (Lipinski definition) is 1. The van der Waals surface area contributed by atoms with Gasteiger partial charge < -0.3 is 5.32 Å². The van der Waals surface area contributed by atoms with E-state index >= 15 is 0 Å². The van der Waals surface area contributed by atoms with Crippen molar-refractivity contribution in [3.63, 3.8) is 0 Å². The second kappa shape index (κ2) is 6.88. The molecule has 2 aromatic carbocycles. The Balaban J connectivity index is 1.81. The SMILES string of the molecule is O=Cc1ccc(NC(=O)C2=CCCC=C2c2ccccc2)cc1. The number of anilines is 1. The van der Waals surface area contributed by atoms with Gasteiger partial charge in [-0.2, -0.15) is 0 Å².